The van der Waals surface area contributed by atoms with Crippen LogP contribution in [0.1, 0.15) is 25.0 Å². The molecule has 0 fully saturated rings. The number of hydrogen-bond acceptors (Lipinski definition) is 2. The summed E-state index contributed by atoms with van der Waals surface area (Å²) in [6.07, 6.45) is 0. The fourth-order valence-electron chi connectivity index (χ4n) is 8.60. The van der Waals surface area contributed by atoms with Crippen LogP contribution >= 0.6 is 0 Å². The fourth-order valence-corrected chi connectivity index (χ4v) is 8.60. The van der Waals surface area contributed by atoms with Crippen molar-refractivity contribution in [1.82, 2.24) is 9.97 Å². The lowest BCUT2D eigenvalue weighted by Crippen LogP contribution is -2.16. The van der Waals surface area contributed by atoms with Crippen molar-refractivity contribution < 1.29 is 0 Å². The zero-order chi connectivity index (χ0) is 35.5. The van der Waals surface area contributed by atoms with Crippen molar-refractivity contribution >= 4 is 21.5 Å². The molecule has 0 radical (unpaired) electrons. The quantitative estimate of drug-likeness (QED) is 0.181. The summed E-state index contributed by atoms with van der Waals surface area (Å²) in [4.78, 5) is 10.5. The smallest absolute Gasteiger partial charge is 0.160 e. The Hall–Kier alpha value is -6.64. The fraction of sp³-hybridized carbons (Fsp3) is 0.0588. The van der Waals surface area contributed by atoms with E-state index in [1.807, 2.05) is 6.07 Å². The summed E-state index contributed by atoms with van der Waals surface area (Å²) in [7, 11) is 0. The summed E-state index contributed by atoms with van der Waals surface area (Å²) in [5.41, 5.74) is 15.1. The van der Waals surface area contributed by atoms with E-state index < -0.39 is 0 Å². The Balaban J connectivity index is 1.15. The van der Waals surface area contributed by atoms with Gasteiger partial charge < -0.3 is 0 Å². The first-order valence-electron chi connectivity index (χ1n) is 18.3. The normalized spacial score (nSPS) is 12.9. The Morgan fingerprint density at radius 2 is 0.906 bits per heavy atom. The van der Waals surface area contributed by atoms with E-state index in [9.17, 15) is 0 Å². The standard InChI is InChI=1S/C51H36N2/c1-51(2)46-28-11-10-24-42(46)45-27-14-26-44(49(45)51)41-29-30-43(40-23-9-8-22-39(40)41)48-32-47(52-50(53-48)34-16-4-3-5-17-34)36-20-12-19-35(31-36)38-25-13-18-33-15-6-7-21-37(33)38/h3-32H,1-2H3. The highest BCUT2D eigenvalue weighted by molar-refractivity contribution is 6.06. The molecule has 53 heavy (non-hydrogen) atoms. The molecule has 0 saturated carbocycles. The molecule has 0 unspecified atom stereocenters. The van der Waals surface area contributed by atoms with E-state index in [0.29, 0.717) is 5.82 Å². The molecule has 10 rings (SSSR count). The van der Waals surface area contributed by atoms with E-state index in [1.165, 1.54) is 60.5 Å². The SMILES string of the molecule is CC1(C)c2ccccc2-c2cccc(-c3ccc(-c4cc(-c5cccc(-c6cccc7ccccc67)c5)nc(-c5ccccc5)n4)c4ccccc34)c21. The summed E-state index contributed by atoms with van der Waals surface area (Å²) in [5.74, 6) is 0.710. The Bertz CT molecular complexity index is 2860. The third-order valence-electron chi connectivity index (χ3n) is 11.1. The highest BCUT2D eigenvalue weighted by atomic mass is 14.9. The summed E-state index contributed by atoms with van der Waals surface area (Å²) >= 11 is 0. The van der Waals surface area contributed by atoms with Crippen LogP contribution in [0, 0.1) is 0 Å². The van der Waals surface area contributed by atoms with Gasteiger partial charge in [-0.25, -0.2) is 9.97 Å². The van der Waals surface area contributed by atoms with Gasteiger partial charge in [0.15, 0.2) is 5.82 Å². The predicted octanol–water partition coefficient (Wildman–Crippen LogP) is 13.4. The number of benzene rings is 8. The molecular weight excluding hydrogens is 641 g/mol. The molecule has 250 valence electrons. The van der Waals surface area contributed by atoms with Gasteiger partial charge in [0.25, 0.3) is 0 Å². The molecule has 1 aliphatic rings. The Morgan fingerprint density at radius 1 is 0.358 bits per heavy atom. The Labute approximate surface area is 310 Å². The van der Waals surface area contributed by atoms with Gasteiger partial charge in [-0.05, 0) is 78.2 Å². The predicted molar refractivity (Wildman–Crippen MR) is 222 cm³/mol. The van der Waals surface area contributed by atoms with Gasteiger partial charge in [-0.3, -0.25) is 0 Å². The maximum absolute atomic E-state index is 5.27. The topological polar surface area (TPSA) is 25.8 Å². The lowest BCUT2D eigenvalue weighted by atomic mass is 9.78. The van der Waals surface area contributed by atoms with Gasteiger partial charge in [-0.15, -0.1) is 0 Å². The minimum Gasteiger partial charge on any atom is -0.228 e. The van der Waals surface area contributed by atoms with E-state index in [4.69, 9.17) is 9.97 Å². The van der Waals surface area contributed by atoms with Crippen LogP contribution in [-0.2, 0) is 5.41 Å². The zero-order valence-corrected chi connectivity index (χ0v) is 29.7. The number of nitrogens with zero attached hydrogens (tertiary/aromatic N) is 2. The average molecular weight is 677 g/mol. The van der Waals surface area contributed by atoms with Crippen molar-refractivity contribution in [2.24, 2.45) is 0 Å². The van der Waals surface area contributed by atoms with Gasteiger partial charge in [0.2, 0.25) is 0 Å². The van der Waals surface area contributed by atoms with Crippen LogP contribution in [0.25, 0.3) is 88.8 Å². The molecule has 1 aliphatic carbocycles. The minimum atomic E-state index is -0.116. The molecule has 1 heterocycles. The van der Waals surface area contributed by atoms with Crippen LogP contribution in [0.2, 0.25) is 0 Å². The van der Waals surface area contributed by atoms with E-state index in [2.05, 4.69) is 190 Å². The first-order chi connectivity index (χ1) is 26.0. The van der Waals surface area contributed by atoms with Crippen molar-refractivity contribution in [3.63, 3.8) is 0 Å². The van der Waals surface area contributed by atoms with Crippen LogP contribution in [0.15, 0.2) is 182 Å². The van der Waals surface area contributed by atoms with Gasteiger partial charge in [-0.2, -0.15) is 0 Å². The maximum Gasteiger partial charge on any atom is 0.160 e. The highest BCUT2D eigenvalue weighted by Crippen LogP contribution is 2.53. The van der Waals surface area contributed by atoms with Gasteiger partial charge >= 0.3 is 0 Å². The van der Waals surface area contributed by atoms with E-state index in [-0.39, 0.29) is 5.41 Å². The number of rotatable bonds is 5. The van der Waals surface area contributed by atoms with Crippen molar-refractivity contribution in [2.75, 3.05) is 0 Å². The molecule has 0 spiro atoms. The second-order valence-electron chi connectivity index (χ2n) is 14.5. The first kappa shape index (κ1) is 31.1. The van der Waals surface area contributed by atoms with Gasteiger partial charge in [0.1, 0.15) is 0 Å². The molecule has 0 bridgehead atoms. The summed E-state index contributed by atoms with van der Waals surface area (Å²) in [6, 6.07) is 65.3. The average Bonchev–Trinajstić information content (AvgIpc) is 3.46. The molecule has 0 aliphatic heterocycles. The lowest BCUT2D eigenvalue weighted by Gasteiger charge is -2.25. The molecule has 2 heteroatoms. The second-order valence-corrected chi connectivity index (χ2v) is 14.5. The van der Waals surface area contributed by atoms with Crippen molar-refractivity contribution in [2.45, 2.75) is 19.3 Å². The first-order valence-corrected chi connectivity index (χ1v) is 18.3. The van der Waals surface area contributed by atoms with Crippen LogP contribution < -0.4 is 0 Å². The summed E-state index contributed by atoms with van der Waals surface area (Å²) in [6.45, 7) is 4.72. The van der Waals surface area contributed by atoms with Crippen LogP contribution in [0.3, 0.4) is 0 Å². The molecular formula is C51H36N2. The molecule has 8 aromatic carbocycles. The van der Waals surface area contributed by atoms with Crippen LogP contribution in [0.5, 0.6) is 0 Å². The van der Waals surface area contributed by atoms with Gasteiger partial charge in [0, 0.05) is 22.1 Å². The highest BCUT2D eigenvalue weighted by Gasteiger charge is 2.37. The Kier molecular flexibility index (Phi) is 7.19. The third-order valence-corrected chi connectivity index (χ3v) is 11.1. The van der Waals surface area contributed by atoms with E-state index >= 15 is 0 Å². The van der Waals surface area contributed by atoms with Crippen molar-refractivity contribution in [3.8, 4) is 67.3 Å². The number of fused-ring (bicyclic) bond motifs is 5. The molecule has 0 N–H and O–H groups in total. The van der Waals surface area contributed by atoms with Gasteiger partial charge in [0.05, 0.1) is 11.4 Å². The van der Waals surface area contributed by atoms with E-state index in [0.717, 1.165) is 33.6 Å². The summed E-state index contributed by atoms with van der Waals surface area (Å²) in [5, 5.41) is 4.85. The number of hydrogen-bond donors (Lipinski definition) is 0. The van der Waals surface area contributed by atoms with Crippen LogP contribution in [-0.4, -0.2) is 9.97 Å². The molecule has 0 atom stereocenters. The van der Waals surface area contributed by atoms with Crippen molar-refractivity contribution in [3.05, 3.63) is 193 Å². The van der Waals surface area contributed by atoms with Gasteiger partial charge in [-0.1, -0.05) is 184 Å². The molecule has 9 aromatic rings. The second kappa shape index (κ2) is 12.3. The molecule has 0 saturated heterocycles. The minimum absolute atomic E-state index is 0.116. The molecule has 1 aromatic heterocycles. The molecule has 2 nitrogen and oxygen atoms in total. The molecule has 0 amide bonds. The third kappa shape index (κ3) is 5.10. The largest absolute Gasteiger partial charge is 0.228 e. The zero-order valence-electron chi connectivity index (χ0n) is 29.7. The number of aromatic nitrogens is 2. The van der Waals surface area contributed by atoms with E-state index in [1.54, 1.807) is 0 Å². The van der Waals surface area contributed by atoms with Crippen molar-refractivity contribution in [1.29, 1.82) is 0 Å². The maximum atomic E-state index is 5.27. The monoisotopic (exact) mass is 676 g/mol. The summed E-state index contributed by atoms with van der Waals surface area (Å²) < 4.78 is 0. The lowest BCUT2D eigenvalue weighted by molar-refractivity contribution is 0.662. The van der Waals surface area contributed by atoms with Crippen LogP contribution in [0.4, 0.5) is 0 Å². The Morgan fingerprint density at radius 3 is 1.75 bits per heavy atom.